The van der Waals surface area contributed by atoms with Crippen molar-refractivity contribution in [3.63, 3.8) is 0 Å². The molecule has 2 aliphatic rings. The van der Waals surface area contributed by atoms with Crippen LogP contribution in [0.4, 0.5) is 0 Å². The summed E-state index contributed by atoms with van der Waals surface area (Å²) in [7, 11) is 0. The number of amides is 1. The molecule has 1 N–H and O–H groups in total. The van der Waals surface area contributed by atoms with E-state index in [4.69, 9.17) is 19.3 Å². The van der Waals surface area contributed by atoms with E-state index in [0.717, 1.165) is 0 Å². The molecule has 1 aromatic rings. The van der Waals surface area contributed by atoms with Crippen molar-refractivity contribution >= 4 is 11.9 Å². The molecule has 0 spiro atoms. The van der Waals surface area contributed by atoms with E-state index in [1.807, 2.05) is 0 Å². The minimum atomic E-state index is -1.06. The van der Waals surface area contributed by atoms with Crippen molar-refractivity contribution in [2.75, 3.05) is 26.5 Å². The molecule has 7 heteroatoms. The fourth-order valence-electron chi connectivity index (χ4n) is 2.20. The number of rotatable bonds is 2. The third kappa shape index (κ3) is 2.27. The second-order valence-electron chi connectivity index (χ2n) is 4.52. The quantitative estimate of drug-likeness (QED) is 0.840. The van der Waals surface area contributed by atoms with Crippen LogP contribution < -0.4 is 9.47 Å². The topological polar surface area (TPSA) is 85.3 Å². The average molecular weight is 279 g/mol. The number of hydrogen-bond acceptors (Lipinski definition) is 5. The van der Waals surface area contributed by atoms with E-state index in [1.54, 1.807) is 18.2 Å². The fourth-order valence-corrected chi connectivity index (χ4v) is 2.20. The summed E-state index contributed by atoms with van der Waals surface area (Å²) in [5.41, 5.74) is 0.445. The Kier molecular flexibility index (Phi) is 3.19. The predicted molar refractivity (Wildman–Crippen MR) is 65.8 cm³/mol. The molecule has 0 aromatic heterocycles. The normalized spacial score (nSPS) is 20.8. The van der Waals surface area contributed by atoms with Crippen molar-refractivity contribution in [2.24, 2.45) is 0 Å². The molecule has 1 aromatic carbocycles. The van der Waals surface area contributed by atoms with Crippen molar-refractivity contribution in [3.8, 4) is 11.5 Å². The Morgan fingerprint density at radius 1 is 1.25 bits per heavy atom. The second kappa shape index (κ2) is 5.01. The van der Waals surface area contributed by atoms with Crippen molar-refractivity contribution < 1.29 is 28.9 Å². The smallest absolute Gasteiger partial charge is 0.334 e. The van der Waals surface area contributed by atoms with Gasteiger partial charge in [0.25, 0.3) is 5.91 Å². The number of fused-ring (bicyclic) bond motifs is 1. The first kappa shape index (κ1) is 12.7. The zero-order valence-corrected chi connectivity index (χ0v) is 10.6. The summed E-state index contributed by atoms with van der Waals surface area (Å²) in [6.07, 6.45) is -0.971. The third-order valence-corrected chi connectivity index (χ3v) is 3.25. The molecule has 106 valence electrons. The summed E-state index contributed by atoms with van der Waals surface area (Å²) in [5, 5.41) is 8.94. The monoisotopic (exact) mass is 279 g/mol. The number of carboxylic acids is 1. The molecule has 0 bridgehead atoms. The highest BCUT2D eigenvalue weighted by atomic mass is 16.7. The van der Waals surface area contributed by atoms with Crippen LogP contribution in [0, 0.1) is 0 Å². The summed E-state index contributed by atoms with van der Waals surface area (Å²) in [6.45, 7) is 0.776. The third-order valence-electron chi connectivity index (χ3n) is 3.25. The number of carbonyl (C=O) groups is 2. The molecule has 1 atom stereocenters. The van der Waals surface area contributed by atoms with Crippen LogP contribution in [-0.2, 0) is 9.53 Å². The van der Waals surface area contributed by atoms with Gasteiger partial charge in [0.1, 0.15) is 0 Å². The molecule has 0 saturated carbocycles. The van der Waals surface area contributed by atoms with Gasteiger partial charge in [-0.25, -0.2) is 4.79 Å². The van der Waals surface area contributed by atoms with Crippen molar-refractivity contribution in [2.45, 2.75) is 6.10 Å². The lowest BCUT2D eigenvalue weighted by Crippen LogP contribution is -2.48. The summed E-state index contributed by atoms with van der Waals surface area (Å²) in [5.74, 6) is -0.170. The summed E-state index contributed by atoms with van der Waals surface area (Å²) in [6, 6.07) is 4.92. The molecule has 1 fully saturated rings. The lowest BCUT2D eigenvalue weighted by molar-refractivity contribution is -0.154. The van der Waals surface area contributed by atoms with E-state index in [9.17, 15) is 9.59 Å². The molecule has 1 saturated heterocycles. The molecule has 1 amide bonds. The predicted octanol–water partition coefficient (Wildman–Crippen LogP) is 0.341. The minimum Gasteiger partial charge on any atom is -0.479 e. The zero-order chi connectivity index (χ0) is 14.1. The maximum Gasteiger partial charge on any atom is 0.334 e. The molecule has 0 aliphatic carbocycles. The Morgan fingerprint density at radius 3 is 2.85 bits per heavy atom. The average Bonchev–Trinajstić information content (AvgIpc) is 2.94. The van der Waals surface area contributed by atoms with Crippen molar-refractivity contribution in [1.82, 2.24) is 4.90 Å². The first-order valence-corrected chi connectivity index (χ1v) is 6.18. The summed E-state index contributed by atoms with van der Waals surface area (Å²) >= 11 is 0. The largest absolute Gasteiger partial charge is 0.479 e. The van der Waals surface area contributed by atoms with Gasteiger partial charge >= 0.3 is 5.97 Å². The van der Waals surface area contributed by atoms with Crippen molar-refractivity contribution in [3.05, 3.63) is 23.8 Å². The lowest BCUT2D eigenvalue weighted by atomic mass is 10.1. The van der Waals surface area contributed by atoms with Crippen LogP contribution in [0.15, 0.2) is 18.2 Å². The Labute approximate surface area is 114 Å². The number of benzene rings is 1. The van der Waals surface area contributed by atoms with Crippen LogP contribution in [0.1, 0.15) is 10.4 Å². The van der Waals surface area contributed by atoms with Crippen LogP contribution in [0.25, 0.3) is 0 Å². The van der Waals surface area contributed by atoms with E-state index < -0.39 is 12.1 Å². The lowest BCUT2D eigenvalue weighted by Gasteiger charge is -2.30. The molecule has 2 heterocycles. The van der Waals surface area contributed by atoms with Gasteiger partial charge in [-0.2, -0.15) is 0 Å². The van der Waals surface area contributed by atoms with Gasteiger partial charge in [-0.1, -0.05) is 0 Å². The standard InChI is InChI=1S/C13H13NO6/c15-12(14-3-4-18-11(6-14)13(16)17)8-1-2-9-10(5-8)20-7-19-9/h1-2,5,11H,3-4,6-7H2,(H,16,17). The number of nitrogens with zero attached hydrogens (tertiary/aromatic N) is 1. The van der Waals surface area contributed by atoms with Gasteiger partial charge in [-0.05, 0) is 18.2 Å². The molecule has 20 heavy (non-hydrogen) atoms. The van der Waals surface area contributed by atoms with Crippen molar-refractivity contribution in [1.29, 1.82) is 0 Å². The highest BCUT2D eigenvalue weighted by Gasteiger charge is 2.30. The Balaban J connectivity index is 1.76. The SMILES string of the molecule is O=C(O)C1CN(C(=O)c2ccc3c(c2)OCO3)CCO1. The first-order chi connectivity index (χ1) is 9.65. The zero-order valence-electron chi connectivity index (χ0n) is 10.6. The molecular formula is C13H13NO6. The minimum absolute atomic E-state index is 0.0443. The van der Waals surface area contributed by atoms with E-state index in [0.29, 0.717) is 23.6 Å². The molecule has 3 rings (SSSR count). The van der Waals surface area contributed by atoms with Gasteiger partial charge in [0, 0.05) is 12.1 Å². The summed E-state index contributed by atoms with van der Waals surface area (Å²) in [4.78, 5) is 24.7. The van der Waals surface area contributed by atoms with Crippen LogP contribution in [0.2, 0.25) is 0 Å². The van der Waals surface area contributed by atoms with Crippen LogP contribution in [0.3, 0.4) is 0 Å². The van der Waals surface area contributed by atoms with E-state index in [-0.39, 0.29) is 25.9 Å². The molecular weight excluding hydrogens is 266 g/mol. The highest BCUT2D eigenvalue weighted by molar-refractivity contribution is 5.95. The van der Waals surface area contributed by atoms with E-state index in [2.05, 4.69) is 0 Å². The number of carbonyl (C=O) groups excluding carboxylic acids is 1. The molecule has 2 aliphatic heterocycles. The number of hydrogen-bond donors (Lipinski definition) is 1. The molecule has 0 radical (unpaired) electrons. The van der Waals surface area contributed by atoms with Gasteiger partial charge < -0.3 is 24.2 Å². The fraction of sp³-hybridized carbons (Fsp3) is 0.385. The second-order valence-corrected chi connectivity index (χ2v) is 4.52. The van der Waals surface area contributed by atoms with Crippen LogP contribution >= 0.6 is 0 Å². The van der Waals surface area contributed by atoms with Gasteiger partial charge in [0.2, 0.25) is 6.79 Å². The van der Waals surface area contributed by atoms with E-state index >= 15 is 0 Å². The number of aliphatic carboxylic acids is 1. The Bertz CT molecular complexity index is 558. The van der Waals surface area contributed by atoms with Crippen LogP contribution in [-0.4, -0.2) is 54.5 Å². The summed E-state index contributed by atoms with van der Waals surface area (Å²) < 4.78 is 15.5. The maximum atomic E-state index is 12.3. The molecule has 1 unspecified atom stereocenters. The van der Waals surface area contributed by atoms with Gasteiger partial charge in [-0.15, -0.1) is 0 Å². The first-order valence-electron chi connectivity index (χ1n) is 6.18. The Morgan fingerprint density at radius 2 is 2.05 bits per heavy atom. The highest BCUT2D eigenvalue weighted by Crippen LogP contribution is 2.32. The van der Waals surface area contributed by atoms with E-state index in [1.165, 1.54) is 4.90 Å². The Hall–Kier alpha value is -2.28. The number of morpholine rings is 1. The van der Waals surface area contributed by atoms with Gasteiger partial charge in [0.15, 0.2) is 17.6 Å². The number of ether oxygens (including phenoxy) is 3. The maximum absolute atomic E-state index is 12.3. The van der Waals surface area contributed by atoms with Gasteiger partial charge in [-0.3, -0.25) is 4.79 Å². The van der Waals surface area contributed by atoms with Crippen LogP contribution in [0.5, 0.6) is 11.5 Å². The van der Waals surface area contributed by atoms with Gasteiger partial charge in [0.05, 0.1) is 13.2 Å². The molecule has 7 nitrogen and oxygen atoms in total. The number of carboxylic acid groups (broad SMARTS) is 1.